The minimum Gasteiger partial charge on any atom is -0.333 e. The maximum atomic E-state index is 5.32. The number of halogens is 1. The lowest BCUT2D eigenvalue weighted by Gasteiger charge is -2.04. The molecular formula is C12H19ClN4OS. The molecule has 0 aliphatic carbocycles. The first kappa shape index (κ1) is 16.1. The summed E-state index contributed by atoms with van der Waals surface area (Å²) in [6, 6.07) is 0.337. The first-order chi connectivity index (χ1) is 8.63. The highest BCUT2D eigenvalue weighted by Crippen LogP contribution is 2.28. The number of aryl methyl sites for hydroxylation is 2. The van der Waals surface area contributed by atoms with Crippen LogP contribution in [0.2, 0.25) is 0 Å². The van der Waals surface area contributed by atoms with Crippen molar-refractivity contribution in [2.45, 2.75) is 39.7 Å². The van der Waals surface area contributed by atoms with Gasteiger partial charge in [0.05, 0.1) is 10.7 Å². The van der Waals surface area contributed by atoms with Gasteiger partial charge in [-0.3, -0.25) is 0 Å². The molecule has 0 spiro atoms. The van der Waals surface area contributed by atoms with E-state index in [4.69, 9.17) is 4.52 Å². The Kier molecular flexibility index (Phi) is 5.90. The van der Waals surface area contributed by atoms with Crippen molar-refractivity contribution in [1.29, 1.82) is 0 Å². The van der Waals surface area contributed by atoms with Crippen molar-refractivity contribution in [1.82, 2.24) is 20.4 Å². The third kappa shape index (κ3) is 3.75. The first-order valence-electron chi connectivity index (χ1n) is 6.10. The van der Waals surface area contributed by atoms with E-state index in [2.05, 4.69) is 34.3 Å². The van der Waals surface area contributed by atoms with Gasteiger partial charge in [-0.15, -0.1) is 23.7 Å². The first-order valence-corrected chi connectivity index (χ1v) is 6.92. The number of rotatable bonds is 5. The Balaban J connectivity index is 0.00000180. The molecule has 0 saturated carbocycles. The van der Waals surface area contributed by atoms with Gasteiger partial charge in [0.1, 0.15) is 4.88 Å². The summed E-state index contributed by atoms with van der Waals surface area (Å²) in [5.74, 6) is 1.32. The summed E-state index contributed by atoms with van der Waals surface area (Å²) in [7, 11) is 1.92. The quantitative estimate of drug-likeness (QED) is 0.920. The van der Waals surface area contributed by atoms with Gasteiger partial charge in [0, 0.05) is 12.5 Å². The van der Waals surface area contributed by atoms with Crippen molar-refractivity contribution < 1.29 is 4.52 Å². The van der Waals surface area contributed by atoms with Crippen LogP contribution in [0.1, 0.15) is 30.4 Å². The number of thiazole rings is 1. The highest BCUT2D eigenvalue weighted by molar-refractivity contribution is 7.15. The molecule has 2 aromatic heterocycles. The fourth-order valence-corrected chi connectivity index (χ4v) is 2.53. The third-order valence-corrected chi connectivity index (χ3v) is 4.08. The summed E-state index contributed by atoms with van der Waals surface area (Å²) in [6.45, 7) is 6.16. The Labute approximate surface area is 123 Å². The molecule has 1 N–H and O–H groups in total. The summed E-state index contributed by atoms with van der Waals surface area (Å²) in [4.78, 5) is 9.89. The molecule has 0 fully saturated rings. The summed E-state index contributed by atoms with van der Waals surface area (Å²) in [5, 5.41) is 8.27. The monoisotopic (exact) mass is 302 g/mol. The molecule has 2 aromatic rings. The highest BCUT2D eigenvalue weighted by atomic mass is 35.5. The molecule has 0 saturated heterocycles. The predicted molar refractivity (Wildman–Crippen MR) is 79.0 cm³/mol. The largest absolute Gasteiger partial charge is 0.333 e. The van der Waals surface area contributed by atoms with Crippen LogP contribution in [0, 0.1) is 6.92 Å². The van der Waals surface area contributed by atoms with Crippen molar-refractivity contribution in [3.8, 4) is 10.8 Å². The lowest BCUT2D eigenvalue weighted by Crippen LogP contribution is -2.24. The molecule has 0 aliphatic rings. The summed E-state index contributed by atoms with van der Waals surface area (Å²) >= 11 is 1.63. The fraction of sp³-hybridized carbons (Fsp3) is 0.583. The van der Waals surface area contributed by atoms with Crippen molar-refractivity contribution >= 4 is 23.7 Å². The molecule has 7 heteroatoms. The van der Waals surface area contributed by atoms with E-state index < -0.39 is 0 Å². The normalized spacial score (nSPS) is 12.2. The molecule has 5 nitrogen and oxygen atoms in total. The summed E-state index contributed by atoms with van der Waals surface area (Å²) in [5.41, 5.74) is 0.966. The van der Waals surface area contributed by atoms with E-state index in [1.165, 1.54) is 0 Å². The zero-order chi connectivity index (χ0) is 13.1. The highest BCUT2D eigenvalue weighted by Gasteiger charge is 2.16. The molecule has 106 valence electrons. The van der Waals surface area contributed by atoms with Gasteiger partial charge in [-0.2, -0.15) is 4.98 Å². The standard InChI is InChI=1S/C12H18N4OS.ClH/c1-5-10-14-8(3)11(18-10)12-15-9(16-17-12)6-7(2)13-4;/h7,13H,5-6H2,1-4H3;1H. The molecule has 2 rings (SSSR count). The van der Waals surface area contributed by atoms with E-state index in [1.807, 2.05) is 14.0 Å². The topological polar surface area (TPSA) is 63.8 Å². The second kappa shape index (κ2) is 6.98. The molecule has 0 aromatic carbocycles. The van der Waals surface area contributed by atoms with Gasteiger partial charge in [0.2, 0.25) is 0 Å². The Morgan fingerprint density at radius 3 is 2.68 bits per heavy atom. The van der Waals surface area contributed by atoms with Crippen molar-refractivity contribution in [3.63, 3.8) is 0 Å². The lowest BCUT2D eigenvalue weighted by molar-refractivity contribution is 0.418. The van der Waals surface area contributed by atoms with Crippen LogP contribution in [-0.2, 0) is 12.8 Å². The Morgan fingerprint density at radius 1 is 1.37 bits per heavy atom. The average molecular weight is 303 g/mol. The third-order valence-electron chi connectivity index (χ3n) is 2.79. The molecule has 0 amide bonds. The summed E-state index contributed by atoms with van der Waals surface area (Å²) < 4.78 is 5.32. The molecular weight excluding hydrogens is 284 g/mol. The molecule has 19 heavy (non-hydrogen) atoms. The molecule has 1 unspecified atom stereocenters. The van der Waals surface area contributed by atoms with Crippen LogP contribution in [0.3, 0.4) is 0 Å². The van der Waals surface area contributed by atoms with Gasteiger partial charge in [-0.05, 0) is 27.3 Å². The van der Waals surface area contributed by atoms with Gasteiger partial charge >= 0.3 is 0 Å². The number of nitrogens with zero attached hydrogens (tertiary/aromatic N) is 3. The van der Waals surface area contributed by atoms with E-state index in [9.17, 15) is 0 Å². The Morgan fingerprint density at radius 2 is 2.11 bits per heavy atom. The average Bonchev–Trinajstić information content (AvgIpc) is 2.95. The zero-order valence-electron chi connectivity index (χ0n) is 11.6. The smallest absolute Gasteiger partial charge is 0.269 e. The van der Waals surface area contributed by atoms with Gasteiger partial charge in [-0.1, -0.05) is 12.1 Å². The second-order valence-electron chi connectivity index (χ2n) is 4.29. The van der Waals surface area contributed by atoms with Crippen LogP contribution in [0.25, 0.3) is 10.8 Å². The maximum Gasteiger partial charge on any atom is 0.269 e. The zero-order valence-corrected chi connectivity index (χ0v) is 13.2. The van der Waals surface area contributed by atoms with Crippen LogP contribution in [0.4, 0.5) is 0 Å². The molecule has 0 bridgehead atoms. The minimum atomic E-state index is 0. The van der Waals surface area contributed by atoms with E-state index in [0.29, 0.717) is 11.9 Å². The van der Waals surface area contributed by atoms with Gasteiger partial charge in [0.15, 0.2) is 5.82 Å². The van der Waals surface area contributed by atoms with Gasteiger partial charge < -0.3 is 9.84 Å². The molecule has 2 heterocycles. The Hall–Kier alpha value is -0.980. The molecule has 1 atom stereocenters. The van der Waals surface area contributed by atoms with E-state index in [-0.39, 0.29) is 12.4 Å². The van der Waals surface area contributed by atoms with Crippen molar-refractivity contribution in [3.05, 3.63) is 16.5 Å². The fourth-order valence-electron chi connectivity index (χ4n) is 1.61. The molecule has 0 aliphatic heterocycles. The summed E-state index contributed by atoms with van der Waals surface area (Å²) in [6.07, 6.45) is 1.70. The van der Waals surface area contributed by atoms with Crippen LogP contribution in [0.5, 0.6) is 0 Å². The van der Waals surface area contributed by atoms with E-state index >= 15 is 0 Å². The van der Waals surface area contributed by atoms with Crippen LogP contribution < -0.4 is 5.32 Å². The van der Waals surface area contributed by atoms with Crippen molar-refractivity contribution in [2.24, 2.45) is 0 Å². The number of nitrogens with one attached hydrogen (secondary N) is 1. The number of likely N-dealkylation sites (N-methyl/N-ethyl adjacent to an activating group) is 1. The minimum absolute atomic E-state index is 0. The second-order valence-corrected chi connectivity index (χ2v) is 5.37. The van der Waals surface area contributed by atoms with Crippen molar-refractivity contribution in [2.75, 3.05) is 7.05 Å². The number of hydrogen-bond acceptors (Lipinski definition) is 6. The van der Waals surface area contributed by atoms with Crippen LogP contribution in [-0.4, -0.2) is 28.2 Å². The SMILES string of the molecule is CCc1nc(C)c(-c2nc(CC(C)NC)no2)s1.Cl. The van der Waals surface area contributed by atoms with E-state index in [0.717, 1.165) is 34.2 Å². The number of hydrogen-bond donors (Lipinski definition) is 1. The molecule has 0 radical (unpaired) electrons. The van der Waals surface area contributed by atoms with Gasteiger partial charge in [-0.25, -0.2) is 4.98 Å². The van der Waals surface area contributed by atoms with Crippen LogP contribution >= 0.6 is 23.7 Å². The predicted octanol–water partition coefficient (Wildman–Crippen LogP) is 2.64. The van der Waals surface area contributed by atoms with Gasteiger partial charge in [0.25, 0.3) is 5.89 Å². The van der Waals surface area contributed by atoms with E-state index in [1.54, 1.807) is 11.3 Å². The number of aromatic nitrogens is 3. The lowest BCUT2D eigenvalue weighted by atomic mass is 10.2. The Bertz CT molecular complexity index is 526. The maximum absolute atomic E-state index is 5.32. The van der Waals surface area contributed by atoms with Crippen LogP contribution in [0.15, 0.2) is 4.52 Å².